The van der Waals surface area contributed by atoms with Gasteiger partial charge in [-0.25, -0.2) is 0 Å². The number of amides is 3. The lowest BCUT2D eigenvalue weighted by Crippen LogP contribution is -2.36. The molecule has 1 aliphatic rings. The number of hydrogen-bond acceptors (Lipinski definition) is 7. The van der Waals surface area contributed by atoms with Crippen molar-refractivity contribution in [1.82, 2.24) is 4.90 Å². The van der Waals surface area contributed by atoms with Gasteiger partial charge >= 0.3 is 0 Å². The molecule has 2 aromatic rings. The van der Waals surface area contributed by atoms with Gasteiger partial charge < -0.3 is 19.5 Å². The van der Waals surface area contributed by atoms with Gasteiger partial charge in [0.05, 0.1) is 34.5 Å². The van der Waals surface area contributed by atoms with Crippen molar-refractivity contribution >= 4 is 63.2 Å². The summed E-state index contributed by atoms with van der Waals surface area (Å²) >= 11 is 2.95. The van der Waals surface area contributed by atoms with Crippen molar-refractivity contribution in [3.8, 4) is 17.2 Å². The average molecular weight is 596 g/mol. The van der Waals surface area contributed by atoms with Crippen LogP contribution in [0.5, 0.6) is 17.2 Å². The molecule has 180 valence electrons. The molecule has 0 atom stereocenters. The van der Waals surface area contributed by atoms with E-state index < -0.39 is 23.6 Å². The normalized spacial score (nSPS) is 14.5. The van der Waals surface area contributed by atoms with Crippen LogP contribution in [0.4, 0.5) is 10.5 Å². The summed E-state index contributed by atoms with van der Waals surface area (Å²) in [5.41, 5.74) is 1.15. The summed E-state index contributed by atoms with van der Waals surface area (Å²) in [5.74, 6) is 0.686. The minimum absolute atomic E-state index is 0.232. The molecule has 1 aliphatic heterocycles. The zero-order valence-corrected chi connectivity index (χ0v) is 22.0. The Morgan fingerprint density at radius 2 is 1.91 bits per heavy atom. The van der Waals surface area contributed by atoms with Gasteiger partial charge in [0.1, 0.15) is 12.3 Å². The highest BCUT2D eigenvalue weighted by Crippen LogP contribution is 2.37. The lowest BCUT2D eigenvalue weighted by atomic mass is 10.2. The lowest BCUT2D eigenvalue weighted by molar-refractivity contribution is -0.127. The fourth-order valence-electron chi connectivity index (χ4n) is 3.15. The van der Waals surface area contributed by atoms with Crippen LogP contribution in [0.3, 0.4) is 0 Å². The molecule has 3 amide bonds. The molecule has 0 radical (unpaired) electrons. The van der Waals surface area contributed by atoms with Gasteiger partial charge in [-0.15, -0.1) is 0 Å². The molecule has 10 heteroatoms. The number of imide groups is 1. The molecule has 1 saturated heterocycles. The van der Waals surface area contributed by atoms with Crippen LogP contribution in [-0.2, 0) is 9.59 Å². The molecule has 0 bridgehead atoms. The Balaban J connectivity index is 1.77. The lowest BCUT2D eigenvalue weighted by Gasteiger charge is -2.14. The number of benzene rings is 2. The number of carbonyl (C=O) groups excluding carboxylic acids is 3. The van der Waals surface area contributed by atoms with E-state index in [0.29, 0.717) is 41.7 Å². The third kappa shape index (κ3) is 6.23. The summed E-state index contributed by atoms with van der Waals surface area (Å²) in [4.78, 5) is 39.0. The second kappa shape index (κ2) is 12.1. The van der Waals surface area contributed by atoms with Crippen LogP contribution in [0.25, 0.3) is 6.08 Å². The molecule has 2 aromatic carbocycles. The molecule has 0 aromatic heterocycles. The molecule has 0 aliphatic carbocycles. The van der Waals surface area contributed by atoms with Crippen LogP contribution in [0.15, 0.2) is 41.3 Å². The van der Waals surface area contributed by atoms with E-state index in [1.54, 1.807) is 36.4 Å². The molecule has 1 fully saturated rings. The van der Waals surface area contributed by atoms with E-state index in [2.05, 4.69) is 27.9 Å². The van der Waals surface area contributed by atoms with Crippen molar-refractivity contribution in [2.24, 2.45) is 0 Å². The summed E-state index contributed by atoms with van der Waals surface area (Å²) in [5, 5.41) is 2.17. The molecular weight excluding hydrogens is 571 g/mol. The van der Waals surface area contributed by atoms with Crippen molar-refractivity contribution in [1.29, 1.82) is 0 Å². The molecule has 0 spiro atoms. The molecule has 0 unspecified atom stereocenters. The van der Waals surface area contributed by atoms with Crippen LogP contribution < -0.4 is 19.5 Å². The first kappa shape index (κ1) is 25.9. The third-order valence-electron chi connectivity index (χ3n) is 4.64. The number of carbonyl (C=O) groups is 3. The average Bonchev–Trinajstić information content (AvgIpc) is 3.06. The second-order valence-corrected chi connectivity index (χ2v) is 9.28. The Morgan fingerprint density at radius 3 is 2.62 bits per heavy atom. The van der Waals surface area contributed by atoms with E-state index in [9.17, 15) is 14.4 Å². The van der Waals surface area contributed by atoms with Crippen molar-refractivity contribution in [3.05, 3.63) is 50.4 Å². The number of ether oxygens (including phenoxy) is 3. The number of anilines is 1. The van der Waals surface area contributed by atoms with E-state index in [1.165, 1.54) is 7.11 Å². The minimum Gasteiger partial charge on any atom is -0.495 e. The van der Waals surface area contributed by atoms with Gasteiger partial charge in [-0.1, -0.05) is 19.1 Å². The Hall–Kier alpha value is -2.73. The van der Waals surface area contributed by atoms with E-state index in [4.69, 9.17) is 14.2 Å². The van der Waals surface area contributed by atoms with Crippen LogP contribution in [0, 0.1) is 3.57 Å². The summed E-state index contributed by atoms with van der Waals surface area (Å²) in [6, 6.07) is 10.5. The number of hydrogen-bond donors (Lipinski definition) is 1. The fraction of sp³-hybridized carbons (Fsp3) is 0.292. The van der Waals surface area contributed by atoms with Crippen LogP contribution >= 0.6 is 34.4 Å². The molecular formula is C24H25IN2O6S. The quantitative estimate of drug-likeness (QED) is 0.299. The van der Waals surface area contributed by atoms with Crippen LogP contribution in [-0.4, -0.2) is 48.8 Å². The van der Waals surface area contributed by atoms with Crippen molar-refractivity contribution in [2.75, 3.05) is 32.2 Å². The number of thioether (sulfide) groups is 1. The highest BCUT2D eigenvalue weighted by Gasteiger charge is 2.36. The number of nitrogens with zero attached hydrogens (tertiary/aromatic N) is 1. The number of para-hydroxylation sites is 2. The SMILES string of the molecule is CCCOc1c(I)cc(/C=C2\SC(=O)N(CC(=O)Nc3ccccc3OC)C2=O)cc1OCC. The van der Waals surface area contributed by atoms with Gasteiger partial charge in [0.15, 0.2) is 11.5 Å². The topological polar surface area (TPSA) is 94.2 Å². The van der Waals surface area contributed by atoms with Gasteiger partial charge in [0.2, 0.25) is 5.91 Å². The fourth-order valence-corrected chi connectivity index (χ4v) is 4.77. The molecule has 1 N–H and O–H groups in total. The van der Waals surface area contributed by atoms with Crippen LogP contribution in [0.1, 0.15) is 25.8 Å². The summed E-state index contributed by atoms with van der Waals surface area (Å²) in [6.07, 6.45) is 2.48. The molecule has 8 nitrogen and oxygen atoms in total. The Kier molecular flexibility index (Phi) is 9.22. The van der Waals surface area contributed by atoms with Crippen LogP contribution in [0.2, 0.25) is 0 Å². The second-order valence-electron chi connectivity index (χ2n) is 7.13. The maximum absolute atomic E-state index is 12.9. The van der Waals surface area contributed by atoms with E-state index in [0.717, 1.165) is 26.7 Å². The monoisotopic (exact) mass is 596 g/mol. The van der Waals surface area contributed by atoms with Gasteiger partial charge in [0.25, 0.3) is 11.1 Å². The maximum Gasteiger partial charge on any atom is 0.294 e. The first-order valence-electron chi connectivity index (χ1n) is 10.6. The smallest absolute Gasteiger partial charge is 0.294 e. The third-order valence-corrected chi connectivity index (χ3v) is 6.35. The first-order valence-corrected chi connectivity index (χ1v) is 12.5. The summed E-state index contributed by atoms with van der Waals surface area (Å²) in [7, 11) is 1.49. The zero-order chi connectivity index (χ0) is 24.7. The standard InChI is InChI=1S/C24H25IN2O6S/c1-4-10-33-22-16(25)11-15(12-19(22)32-5-2)13-20-23(29)27(24(30)34-20)14-21(28)26-17-8-6-7-9-18(17)31-3/h6-9,11-13H,4-5,10,14H2,1-3H3,(H,26,28)/b20-13-. The highest BCUT2D eigenvalue weighted by molar-refractivity contribution is 14.1. The van der Waals surface area contributed by atoms with Crippen molar-refractivity contribution < 1.29 is 28.6 Å². The van der Waals surface area contributed by atoms with Gasteiger partial charge in [-0.3, -0.25) is 19.3 Å². The van der Waals surface area contributed by atoms with Crippen molar-refractivity contribution in [2.45, 2.75) is 20.3 Å². The van der Waals surface area contributed by atoms with Gasteiger partial charge in [-0.2, -0.15) is 0 Å². The number of nitrogens with one attached hydrogen (secondary N) is 1. The predicted octanol–water partition coefficient (Wildman–Crippen LogP) is 5.16. The number of methoxy groups -OCH3 is 1. The summed E-state index contributed by atoms with van der Waals surface area (Å²) in [6.45, 7) is 4.52. The minimum atomic E-state index is -0.524. The Bertz CT molecular complexity index is 1120. The Labute approximate surface area is 216 Å². The molecule has 3 rings (SSSR count). The highest BCUT2D eigenvalue weighted by atomic mass is 127. The molecule has 0 saturated carbocycles. The number of rotatable bonds is 10. The summed E-state index contributed by atoms with van der Waals surface area (Å²) < 4.78 is 17.6. The largest absolute Gasteiger partial charge is 0.495 e. The van der Waals surface area contributed by atoms with Crippen molar-refractivity contribution in [3.63, 3.8) is 0 Å². The van der Waals surface area contributed by atoms with E-state index in [-0.39, 0.29) is 4.91 Å². The Morgan fingerprint density at radius 1 is 1.15 bits per heavy atom. The van der Waals surface area contributed by atoms with Gasteiger partial charge in [-0.05, 0) is 83.6 Å². The van der Waals surface area contributed by atoms with Gasteiger partial charge in [0, 0.05) is 0 Å². The predicted molar refractivity (Wildman–Crippen MR) is 140 cm³/mol. The maximum atomic E-state index is 12.9. The first-order chi connectivity index (χ1) is 16.4. The number of halogens is 1. The van der Waals surface area contributed by atoms with E-state index >= 15 is 0 Å². The molecule has 1 heterocycles. The van der Waals surface area contributed by atoms with E-state index in [1.807, 2.05) is 19.9 Å². The molecule has 34 heavy (non-hydrogen) atoms. The zero-order valence-electron chi connectivity index (χ0n) is 19.1.